The largest absolute Gasteiger partial charge is 0.497 e. The minimum Gasteiger partial charge on any atom is -0.497 e. The quantitative estimate of drug-likeness (QED) is 0.230. The minimum atomic E-state index is -1.11. The summed E-state index contributed by atoms with van der Waals surface area (Å²) in [5.74, 6) is -3.79. The number of methoxy groups -OCH3 is 1. The summed E-state index contributed by atoms with van der Waals surface area (Å²) in [6, 6.07) is 6.56. The molecule has 0 bridgehead atoms. The predicted octanol–water partition coefficient (Wildman–Crippen LogP) is 4.21. The van der Waals surface area contributed by atoms with Crippen molar-refractivity contribution in [2.75, 3.05) is 52.3 Å². The van der Waals surface area contributed by atoms with E-state index in [2.05, 4.69) is 4.98 Å². The number of benzene rings is 2. The average Bonchev–Trinajstić information content (AvgIpc) is 2.96. The zero-order valence-electron chi connectivity index (χ0n) is 23.3. The van der Waals surface area contributed by atoms with E-state index in [1.165, 1.54) is 0 Å². The molecule has 0 spiro atoms. The van der Waals surface area contributed by atoms with Gasteiger partial charge in [-0.15, -0.1) is 0 Å². The zero-order chi connectivity index (χ0) is 29.7. The second kappa shape index (κ2) is 12.9. The van der Waals surface area contributed by atoms with Crippen molar-refractivity contribution in [3.05, 3.63) is 59.5 Å². The summed E-state index contributed by atoms with van der Waals surface area (Å²) in [5, 5.41) is 21.7. The monoisotopic (exact) mass is 576 g/mol. The number of piperidine rings is 1. The molecule has 0 aliphatic carbocycles. The van der Waals surface area contributed by atoms with Crippen LogP contribution in [0.25, 0.3) is 10.9 Å². The molecule has 2 aromatic carbocycles. The molecule has 9 nitrogen and oxygen atoms in total. The number of ether oxygens (including phenoxy) is 2. The molecule has 3 N–H and O–H groups in total. The molecular weight excluding hydrogens is 541 g/mol. The number of rotatable bonds is 11. The fourth-order valence-corrected chi connectivity index (χ4v) is 5.43. The molecule has 1 unspecified atom stereocenters. The number of anilines is 1. The summed E-state index contributed by atoms with van der Waals surface area (Å²) in [6.45, 7) is 1.20. The first-order valence-electron chi connectivity index (χ1n) is 13.3. The van der Waals surface area contributed by atoms with Gasteiger partial charge in [0.15, 0.2) is 17.4 Å². The van der Waals surface area contributed by atoms with Crippen molar-refractivity contribution in [1.29, 1.82) is 0 Å². The maximum absolute atomic E-state index is 13.9. The number of hydrogen-bond acceptors (Lipinski definition) is 8. The number of hydrogen-bond donors (Lipinski definition) is 3. The Hall–Kier alpha value is -3.61. The van der Waals surface area contributed by atoms with E-state index >= 15 is 0 Å². The van der Waals surface area contributed by atoms with Crippen LogP contribution in [0.15, 0.2) is 36.5 Å². The molecule has 1 fully saturated rings. The van der Waals surface area contributed by atoms with Crippen molar-refractivity contribution in [2.45, 2.75) is 31.8 Å². The number of likely N-dealkylation sites (tertiary alicyclic amines) is 1. The van der Waals surface area contributed by atoms with Crippen molar-refractivity contribution in [1.82, 2.24) is 15.4 Å². The standard InChI is InChI=1S/C29H35F3N4O5/c1-35(2)24-17-33-23-5-4-19(40-3)16-20(23)26(24)25(37)6-7-29(28(38)34-39)8-10-36(11-9-29)12-13-41-27-21(31)14-18(30)15-22(27)32/h4-5,14-17,25,37,39H,6-13H2,1-3H3,(H,34,38). The van der Waals surface area contributed by atoms with E-state index < -0.39 is 40.6 Å². The number of hydroxylamine groups is 1. The fraction of sp³-hybridized carbons (Fsp3) is 0.448. The van der Waals surface area contributed by atoms with Gasteiger partial charge in [0.05, 0.1) is 36.0 Å². The highest BCUT2D eigenvalue weighted by Crippen LogP contribution is 2.41. The molecule has 1 aliphatic heterocycles. The van der Waals surface area contributed by atoms with E-state index in [4.69, 9.17) is 9.47 Å². The molecule has 1 amide bonds. The Morgan fingerprint density at radius 2 is 1.85 bits per heavy atom. The van der Waals surface area contributed by atoms with Crippen molar-refractivity contribution >= 4 is 22.5 Å². The van der Waals surface area contributed by atoms with Crippen LogP contribution in [0.1, 0.15) is 37.4 Å². The Bertz CT molecular complexity index is 1360. The lowest BCUT2D eigenvalue weighted by Gasteiger charge is -2.40. The van der Waals surface area contributed by atoms with Gasteiger partial charge in [-0.25, -0.2) is 18.7 Å². The number of nitrogens with one attached hydrogen (secondary N) is 1. The SMILES string of the molecule is COc1ccc2ncc(N(C)C)c(C(O)CCC3(C(=O)NO)CCN(CCOc4c(F)cc(F)cc4F)CC3)c2c1. The van der Waals surface area contributed by atoms with Crippen LogP contribution in [0.3, 0.4) is 0 Å². The molecule has 0 radical (unpaired) electrons. The third kappa shape index (κ3) is 6.66. The molecule has 2 heterocycles. The van der Waals surface area contributed by atoms with Crippen molar-refractivity contribution in [2.24, 2.45) is 5.41 Å². The number of aliphatic hydroxyl groups excluding tert-OH is 1. The highest BCUT2D eigenvalue weighted by molar-refractivity contribution is 5.88. The summed E-state index contributed by atoms with van der Waals surface area (Å²) in [4.78, 5) is 21.2. The average molecular weight is 577 g/mol. The Kier molecular flexibility index (Phi) is 9.57. The number of carbonyl (C=O) groups is 1. The number of halogens is 3. The van der Waals surface area contributed by atoms with Gasteiger partial charge in [0.25, 0.3) is 0 Å². The smallest absolute Gasteiger partial charge is 0.249 e. The van der Waals surface area contributed by atoms with E-state index in [0.29, 0.717) is 67.9 Å². The number of amides is 1. The summed E-state index contributed by atoms with van der Waals surface area (Å²) >= 11 is 0. The van der Waals surface area contributed by atoms with Crippen LogP contribution >= 0.6 is 0 Å². The third-order valence-corrected chi connectivity index (χ3v) is 7.82. The number of fused-ring (bicyclic) bond motifs is 1. The van der Waals surface area contributed by atoms with Crippen LogP contribution in [0, 0.1) is 22.9 Å². The topological polar surface area (TPSA) is 107 Å². The Balaban J connectivity index is 1.44. The molecule has 41 heavy (non-hydrogen) atoms. The van der Waals surface area contributed by atoms with Crippen molar-refractivity contribution in [3.8, 4) is 11.5 Å². The van der Waals surface area contributed by atoms with Crippen LogP contribution in [0.2, 0.25) is 0 Å². The number of nitrogens with zero attached hydrogens (tertiary/aromatic N) is 3. The molecule has 1 atom stereocenters. The number of aromatic nitrogens is 1. The number of aliphatic hydroxyl groups is 1. The second-order valence-electron chi connectivity index (χ2n) is 10.5. The Morgan fingerprint density at radius 3 is 2.46 bits per heavy atom. The minimum absolute atomic E-state index is 0.0384. The Labute approximate surface area is 236 Å². The molecule has 0 saturated carbocycles. The highest BCUT2D eigenvalue weighted by atomic mass is 19.1. The normalized spacial score (nSPS) is 15.9. The molecule has 1 saturated heterocycles. The van der Waals surface area contributed by atoms with Crippen LogP contribution < -0.4 is 19.9 Å². The van der Waals surface area contributed by atoms with Crippen molar-refractivity contribution in [3.63, 3.8) is 0 Å². The lowest BCUT2D eigenvalue weighted by atomic mass is 9.73. The van der Waals surface area contributed by atoms with Gasteiger partial charge in [-0.1, -0.05) is 0 Å². The third-order valence-electron chi connectivity index (χ3n) is 7.82. The molecular formula is C29H35F3N4O5. The lowest BCUT2D eigenvalue weighted by Crippen LogP contribution is -2.49. The predicted molar refractivity (Wildman–Crippen MR) is 147 cm³/mol. The van der Waals surface area contributed by atoms with E-state index in [0.717, 1.165) is 11.1 Å². The lowest BCUT2D eigenvalue weighted by molar-refractivity contribution is -0.144. The van der Waals surface area contributed by atoms with Gasteiger partial charge in [0.2, 0.25) is 5.91 Å². The zero-order valence-corrected chi connectivity index (χ0v) is 23.3. The van der Waals surface area contributed by atoms with E-state index in [1.54, 1.807) is 24.9 Å². The van der Waals surface area contributed by atoms with Gasteiger partial charge < -0.3 is 19.5 Å². The Morgan fingerprint density at radius 1 is 1.17 bits per heavy atom. The maximum Gasteiger partial charge on any atom is 0.249 e. The summed E-state index contributed by atoms with van der Waals surface area (Å²) in [5.41, 5.74) is 2.98. The van der Waals surface area contributed by atoms with Gasteiger partial charge in [-0.2, -0.15) is 0 Å². The van der Waals surface area contributed by atoms with Crippen LogP contribution in [-0.4, -0.2) is 73.6 Å². The molecule has 1 aromatic heterocycles. The van der Waals surface area contributed by atoms with Gasteiger partial charge in [0.1, 0.15) is 18.2 Å². The van der Waals surface area contributed by atoms with Gasteiger partial charge >= 0.3 is 0 Å². The number of pyridine rings is 1. The van der Waals surface area contributed by atoms with E-state index in [-0.39, 0.29) is 13.0 Å². The maximum atomic E-state index is 13.9. The van der Waals surface area contributed by atoms with E-state index in [9.17, 15) is 28.3 Å². The first kappa shape index (κ1) is 30.4. The first-order chi connectivity index (χ1) is 19.6. The van der Waals surface area contributed by atoms with Crippen LogP contribution in [0.5, 0.6) is 11.5 Å². The molecule has 1 aliphatic rings. The molecule has 4 rings (SSSR count). The molecule has 12 heteroatoms. The fourth-order valence-electron chi connectivity index (χ4n) is 5.43. The second-order valence-corrected chi connectivity index (χ2v) is 10.5. The summed E-state index contributed by atoms with van der Waals surface area (Å²) in [7, 11) is 5.28. The summed E-state index contributed by atoms with van der Waals surface area (Å²) < 4.78 is 51.5. The number of carbonyl (C=O) groups excluding carboxylic acids is 1. The summed E-state index contributed by atoms with van der Waals surface area (Å²) in [6.07, 6.45) is 2.09. The molecule has 3 aromatic rings. The van der Waals surface area contributed by atoms with Crippen LogP contribution in [0.4, 0.5) is 18.9 Å². The van der Waals surface area contributed by atoms with Crippen LogP contribution in [-0.2, 0) is 4.79 Å². The molecule has 222 valence electrons. The van der Waals surface area contributed by atoms with E-state index in [1.807, 2.05) is 36.0 Å². The van der Waals surface area contributed by atoms with Crippen molar-refractivity contribution < 1.29 is 37.8 Å². The van der Waals surface area contributed by atoms with Gasteiger partial charge in [0, 0.05) is 43.7 Å². The first-order valence-corrected chi connectivity index (χ1v) is 13.3. The highest BCUT2D eigenvalue weighted by Gasteiger charge is 2.41. The van der Waals surface area contributed by atoms with Gasteiger partial charge in [-0.05, 0) is 57.0 Å². The van der Waals surface area contributed by atoms with Gasteiger partial charge in [-0.3, -0.25) is 19.9 Å².